The monoisotopic (exact) mass is 458 g/mol. The number of carbonyl (C=O) groups excluding carboxylic acids is 1. The molecule has 0 unspecified atom stereocenters. The van der Waals surface area contributed by atoms with Crippen LogP contribution in [0.15, 0.2) is 48.5 Å². The topological polar surface area (TPSA) is 80.5 Å². The smallest absolute Gasteiger partial charge is 0.251 e. The zero-order chi connectivity index (χ0) is 23.2. The molecule has 3 aromatic rings. The first-order chi connectivity index (χ1) is 16.5. The molecule has 3 aliphatic rings. The molecule has 3 heterocycles. The van der Waals surface area contributed by atoms with E-state index >= 15 is 0 Å². The van der Waals surface area contributed by atoms with E-state index in [0.29, 0.717) is 28.8 Å². The Bertz CT molecular complexity index is 1250. The van der Waals surface area contributed by atoms with E-state index in [-0.39, 0.29) is 17.8 Å². The Balaban J connectivity index is 1.21. The van der Waals surface area contributed by atoms with Crippen LogP contribution in [0.3, 0.4) is 0 Å². The molecule has 2 aliphatic heterocycles. The molecule has 7 heteroatoms. The number of amides is 1. The molecular weight excluding hydrogens is 431 g/mol. The number of fused-ring (bicyclic) bond motifs is 1. The molecule has 0 spiro atoms. The highest BCUT2D eigenvalue weighted by molar-refractivity contribution is 5.97. The fourth-order valence-corrected chi connectivity index (χ4v) is 4.85. The first-order valence-electron chi connectivity index (χ1n) is 11.9. The van der Waals surface area contributed by atoms with Gasteiger partial charge in [-0.1, -0.05) is 24.3 Å². The number of aromatic nitrogens is 1. The van der Waals surface area contributed by atoms with Gasteiger partial charge in [-0.25, -0.2) is 4.98 Å². The predicted octanol–water partition coefficient (Wildman–Crippen LogP) is 3.90. The number of likely N-dealkylation sites (tertiary alicyclic amines) is 1. The Morgan fingerprint density at radius 1 is 1.03 bits per heavy atom. The molecular formula is C27H27FN4O2. The van der Waals surface area contributed by atoms with Gasteiger partial charge < -0.3 is 15.8 Å². The largest absolute Gasteiger partial charge is 0.488 e. The summed E-state index contributed by atoms with van der Waals surface area (Å²) in [6.07, 6.45) is 3.70. The highest BCUT2D eigenvalue weighted by Gasteiger charge is 2.33. The summed E-state index contributed by atoms with van der Waals surface area (Å²) in [7, 11) is 0. The summed E-state index contributed by atoms with van der Waals surface area (Å²) in [5.41, 5.74) is 10.3. The number of rotatable bonds is 6. The van der Waals surface area contributed by atoms with Crippen LogP contribution in [0.25, 0.3) is 22.3 Å². The van der Waals surface area contributed by atoms with E-state index in [0.717, 1.165) is 42.3 Å². The van der Waals surface area contributed by atoms with Crippen LogP contribution in [0, 0.1) is 11.9 Å². The van der Waals surface area contributed by atoms with E-state index in [1.54, 1.807) is 12.1 Å². The highest BCUT2D eigenvalue weighted by Crippen LogP contribution is 2.34. The number of hydrogen-bond donors (Lipinski definition) is 2. The molecule has 174 valence electrons. The molecule has 0 bridgehead atoms. The van der Waals surface area contributed by atoms with E-state index in [1.807, 2.05) is 36.4 Å². The van der Waals surface area contributed by atoms with Crippen molar-refractivity contribution in [2.75, 3.05) is 31.9 Å². The number of ether oxygens (including phenoxy) is 1. The van der Waals surface area contributed by atoms with Gasteiger partial charge in [0, 0.05) is 42.9 Å². The number of nitrogens with zero attached hydrogens (tertiary/aromatic N) is 2. The molecule has 1 saturated carbocycles. The molecule has 2 fully saturated rings. The minimum atomic E-state index is -0.609. The van der Waals surface area contributed by atoms with Crippen molar-refractivity contribution in [2.45, 2.75) is 25.4 Å². The minimum absolute atomic E-state index is 0.0708. The number of nitrogens with two attached hydrogens (primary N) is 1. The number of anilines is 1. The number of nitrogens with one attached hydrogen (secondary N) is 1. The summed E-state index contributed by atoms with van der Waals surface area (Å²) >= 11 is 0. The molecule has 0 radical (unpaired) electrons. The fourth-order valence-electron chi connectivity index (χ4n) is 4.85. The van der Waals surface area contributed by atoms with Crippen LogP contribution in [-0.4, -0.2) is 48.1 Å². The van der Waals surface area contributed by atoms with Crippen molar-refractivity contribution in [1.82, 2.24) is 15.2 Å². The van der Waals surface area contributed by atoms with Gasteiger partial charge in [0.25, 0.3) is 5.91 Å². The Morgan fingerprint density at radius 3 is 2.56 bits per heavy atom. The van der Waals surface area contributed by atoms with Gasteiger partial charge in [0.05, 0.1) is 0 Å². The molecule has 0 atom stereocenters. The summed E-state index contributed by atoms with van der Waals surface area (Å²) in [5.74, 6) is 1.13. The van der Waals surface area contributed by atoms with Crippen molar-refractivity contribution in [3.05, 3.63) is 65.6 Å². The average Bonchev–Trinajstić information content (AvgIpc) is 3.63. The fraction of sp³-hybridized carbons (Fsp3) is 0.333. The SMILES string of the molecule is Nc1nc(F)c(-c2ccc(OC3CN(CC4CC4)C3)cc2)cc1-c1ccc2c(c1)CCNC2=O. The molecule has 6 nitrogen and oxygen atoms in total. The van der Waals surface area contributed by atoms with E-state index in [4.69, 9.17) is 10.5 Å². The lowest BCUT2D eigenvalue weighted by Crippen LogP contribution is -2.54. The summed E-state index contributed by atoms with van der Waals surface area (Å²) in [4.78, 5) is 18.5. The minimum Gasteiger partial charge on any atom is -0.488 e. The zero-order valence-electron chi connectivity index (χ0n) is 18.9. The highest BCUT2D eigenvalue weighted by atomic mass is 19.1. The zero-order valence-corrected chi connectivity index (χ0v) is 18.9. The van der Waals surface area contributed by atoms with Crippen LogP contribution in [0.1, 0.15) is 28.8 Å². The van der Waals surface area contributed by atoms with Gasteiger partial charge >= 0.3 is 0 Å². The third-order valence-corrected chi connectivity index (χ3v) is 6.95. The van der Waals surface area contributed by atoms with Gasteiger partial charge in [0.1, 0.15) is 17.7 Å². The average molecular weight is 459 g/mol. The molecule has 2 aromatic carbocycles. The van der Waals surface area contributed by atoms with Gasteiger partial charge in [0.15, 0.2) is 0 Å². The number of nitrogen functional groups attached to an aromatic ring is 1. The molecule has 1 aliphatic carbocycles. The van der Waals surface area contributed by atoms with Gasteiger partial charge in [-0.2, -0.15) is 4.39 Å². The van der Waals surface area contributed by atoms with Gasteiger partial charge in [-0.05, 0) is 66.1 Å². The van der Waals surface area contributed by atoms with Crippen molar-refractivity contribution in [1.29, 1.82) is 0 Å². The number of pyridine rings is 1. The summed E-state index contributed by atoms with van der Waals surface area (Å²) in [5, 5.41) is 2.84. The number of halogens is 1. The normalized spacial score (nSPS) is 18.2. The van der Waals surface area contributed by atoms with Crippen LogP contribution in [0.5, 0.6) is 5.75 Å². The van der Waals surface area contributed by atoms with Crippen LogP contribution in [-0.2, 0) is 6.42 Å². The molecule has 1 amide bonds. The second-order valence-corrected chi connectivity index (χ2v) is 9.56. The molecule has 34 heavy (non-hydrogen) atoms. The van der Waals surface area contributed by atoms with Crippen molar-refractivity contribution in [3.63, 3.8) is 0 Å². The predicted molar refractivity (Wildman–Crippen MR) is 129 cm³/mol. The number of carbonyl (C=O) groups is 1. The van der Waals surface area contributed by atoms with Gasteiger partial charge in [0.2, 0.25) is 5.95 Å². The van der Waals surface area contributed by atoms with Crippen LogP contribution in [0.4, 0.5) is 10.2 Å². The Morgan fingerprint density at radius 2 is 1.79 bits per heavy atom. The van der Waals surface area contributed by atoms with E-state index < -0.39 is 5.95 Å². The lowest BCUT2D eigenvalue weighted by atomic mass is 9.94. The second-order valence-electron chi connectivity index (χ2n) is 9.56. The second kappa shape index (κ2) is 8.40. The Labute approximate surface area is 197 Å². The Hall–Kier alpha value is -3.45. The van der Waals surface area contributed by atoms with E-state index in [1.165, 1.54) is 19.4 Å². The summed E-state index contributed by atoms with van der Waals surface area (Å²) < 4.78 is 20.9. The van der Waals surface area contributed by atoms with Crippen LogP contribution >= 0.6 is 0 Å². The molecule has 6 rings (SSSR count). The summed E-state index contributed by atoms with van der Waals surface area (Å²) in [6.45, 7) is 3.74. The van der Waals surface area contributed by atoms with Crippen molar-refractivity contribution < 1.29 is 13.9 Å². The molecule has 3 N–H and O–H groups in total. The standard InChI is InChI=1S/C27H27FN4O2/c28-25-23(17-3-6-20(7-4-17)34-21-14-32(15-21)13-16-1-2-16)12-24(26(29)31-25)18-5-8-22-19(11-18)9-10-30-27(22)33/h3-8,11-12,16,21H,1-2,9-10,13-15H2,(H2,29,31)(H,30,33). The van der Waals surface area contributed by atoms with Crippen LogP contribution in [0.2, 0.25) is 0 Å². The van der Waals surface area contributed by atoms with Gasteiger partial charge in [-0.3, -0.25) is 9.69 Å². The lowest BCUT2D eigenvalue weighted by Gasteiger charge is -2.39. The summed E-state index contributed by atoms with van der Waals surface area (Å²) in [6, 6.07) is 14.8. The quantitative estimate of drug-likeness (QED) is 0.548. The van der Waals surface area contributed by atoms with Gasteiger partial charge in [-0.15, -0.1) is 0 Å². The van der Waals surface area contributed by atoms with Crippen molar-refractivity contribution >= 4 is 11.7 Å². The first kappa shape index (κ1) is 21.1. The van der Waals surface area contributed by atoms with Crippen LogP contribution < -0.4 is 15.8 Å². The van der Waals surface area contributed by atoms with Crippen molar-refractivity contribution in [3.8, 4) is 28.0 Å². The Kier molecular flexibility index (Phi) is 5.21. The maximum atomic E-state index is 14.8. The van der Waals surface area contributed by atoms with E-state index in [9.17, 15) is 9.18 Å². The molecule has 1 saturated heterocycles. The van der Waals surface area contributed by atoms with Crippen molar-refractivity contribution in [2.24, 2.45) is 5.92 Å². The van der Waals surface area contributed by atoms with E-state index in [2.05, 4.69) is 15.2 Å². The maximum absolute atomic E-state index is 14.8. The maximum Gasteiger partial charge on any atom is 0.251 e. The first-order valence-corrected chi connectivity index (χ1v) is 11.9. The lowest BCUT2D eigenvalue weighted by molar-refractivity contribution is 0.0172. The molecule has 1 aromatic heterocycles. The third kappa shape index (κ3) is 4.12. The third-order valence-electron chi connectivity index (χ3n) is 6.95. The number of benzene rings is 2. The number of hydrogen-bond acceptors (Lipinski definition) is 5.